The van der Waals surface area contributed by atoms with Crippen LogP contribution in [0.15, 0.2) is 36.4 Å². The number of amides is 1. The van der Waals surface area contributed by atoms with Crippen LogP contribution in [0, 0.1) is 5.82 Å². The predicted octanol–water partition coefficient (Wildman–Crippen LogP) is 3.84. The molecule has 2 aliphatic heterocycles. The van der Waals surface area contributed by atoms with Gasteiger partial charge in [-0.25, -0.2) is 4.39 Å². The Morgan fingerprint density at radius 3 is 2.60 bits per heavy atom. The molecule has 0 aromatic heterocycles. The first-order valence-electron chi connectivity index (χ1n) is 10.4. The molecule has 30 heavy (non-hydrogen) atoms. The van der Waals surface area contributed by atoms with E-state index in [9.17, 15) is 9.18 Å². The van der Waals surface area contributed by atoms with E-state index < -0.39 is 0 Å². The molecule has 1 N–H and O–H groups in total. The number of rotatable bonds is 5. The summed E-state index contributed by atoms with van der Waals surface area (Å²) in [5, 5.41) is 2.87. The lowest BCUT2D eigenvalue weighted by atomic mass is 10.1. The minimum atomic E-state index is -0.309. The first-order valence-corrected chi connectivity index (χ1v) is 10.4. The zero-order valence-corrected chi connectivity index (χ0v) is 17.3. The van der Waals surface area contributed by atoms with Crippen molar-refractivity contribution in [1.29, 1.82) is 0 Å². The Balaban J connectivity index is 1.39. The van der Waals surface area contributed by atoms with Gasteiger partial charge in [0.1, 0.15) is 17.7 Å². The maximum Gasteiger partial charge on any atom is 0.217 e. The molecule has 1 saturated heterocycles. The van der Waals surface area contributed by atoms with E-state index in [1.807, 2.05) is 36.1 Å². The highest BCUT2D eigenvalue weighted by molar-refractivity contribution is 5.73. The van der Waals surface area contributed by atoms with Gasteiger partial charge in [0.2, 0.25) is 5.91 Å². The van der Waals surface area contributed by atoms with Crippen molar-refractivity contribution in [2.24, 2.45) is 0 Å². The monoisotopic (exact) mass is 414 g/mol. The van der Waals surface area contributed by atoms with Crippen LogP contribution in [0.1, 0.15) is 38.3 Å². The molecule has 160 valence electrons. The average molecular weight is 414 g/mol. The number of nitrogens with zero attached hydrogens (tertiary/aromatic N) is 1. The van der Waals surface area contributed by atoms with Crippen LogP contribution < -0.4 is 24.4 Å². The van der Waals surface area contributed by atoms with Crippen LogP contribution in [0.5, 0.6) is 17.2 Å². The van der Waals surface area contributed by atoms with Crippen LogP contribution in [0.2, 0.25) is 0 Å². The zero-order chi connectivity index (χ0) is 21.1. The minimum absolute atomic E-state index is 0.0287. The molecule has 4 rings (SSSR count). The summed E-state index contributed by atoms with van der Waals surface area (Å²) in [6.07, 6.45) is 1.56. The summed E-state index contributed by atoms with van der Waals surface area (Å²) in [4.78, 5) is 13.2. The van der Waals surface area contributed by atoms with E-state index in [0.717, 1.165) is 24.2 Å². The van der Waals surface area contributed by atoms with E-state index in [1.165, 1.54) is 13.0 Å². The first-order chi connectivity index (χ1) is 14.5. The first kappa shape index (κ1) is 20.3. The van der Waals surface area contributed by atoms with Crippen molar-refractivity contribution in [1.82, 2.24) is 5.32 Å². The number of carbonyl (C=O) groups is 1. The molecule has 1 fully saturated rings. The predicted molar refractivity (Wildman–Crippen MR) is 112 cm³/mol. The van der Waals surface area contributed by atoms with Crippen molar-refractivity contribution in [2.75, 3.05) is 31.2 Å². The Kier molecular flexibility index (Phi) is 5.97. The molecule has 2 atom stereocenters. The van der Waals surface area contributed by atoms with Gasteiger partial charge in [-0.2, -0.15) is 0 Å². The van der Waals surface area contributed by atoms with Crippen LogP contribution in [-0.4, -0.2) is 38.3 Å². The average Bonchev–Trinajstić information content (AvgIpc) is 3.05. The van der Waals surface area contributed by atoms with Crippen molar-refractivity contribution in [3.63, 3.8) is 0 Å². The van der Waals surface area contributed by atoms with Gasteiger partial charge in [0.15, 0.2) is 11.5 Å². The largest absolute Gasteiger partial charge is 0.489 e. The van der Waals surface area contributed by atoms with Gasteiger partial charge in [-0.3, -0.25) is 4.79 Å². The molecule has 7 heteroatoms. The molecular weight excluding hydrogens is 387 g/mol. The summed E-state index contributed by atoms with van der Waals surface area (Å²) in [6.45, 7) is 5.86. The maximum atomic E-state index is 14.7. The smallest absolute Gasteiger partial charge is 0.217 e. The molecule has 2 aromatic carbocycles. The summed E-state index contributed by atoms with van der Waals surface area (Å²) in [5.41, 5.74) is 1.53. The van der Waals surface area contributed by atoms with Crippen molar-refractivity contribution in [2.45, 2.75) is 38.8 Å². The molecular formula is C23H27FN2O4. The second-order valence-electron chi connectivity index (χ2n) is 7.77. The Hall–Kier alpha value is -2.96. The third kappa shape index (κ3) is 4.61. The lowest BCUT2D eigenvalue weighted by Crippen LogP contribution is -2.25. The molecule has 0 spiro atoms. The summed E-state index contributed by atoms with van der Waals surface area (Å²) in [6, 6.07) is 10.8. The maximum absolute atomic E-state index is 14.7. The number of benzene rings is 2. The van der Waals surface area contributed by atoms with E-state index in [4.69, 9.17) is 14.2 Å². The van der Waals surface area contributed by atoms with Gasteiger partial charge in [-0.1, -0.05) is 12.1 Å². The highest BCUT2D eigenvalue weighted by atomic mass is 19.1. The molecule has 1 amide bonds. The van der Waals surface area contributed by atoms with Gasteiger partial charge in [-0.15, -0.1) is 0 Å². The van der Waals surface area contributed by atoms with E-state index in [-0.39, 0.29) is 23.9 Å². The fourth-order valence-electron chi connectivity index (χ4n) is 3.87. The topological polar surface area (TPSA) is 60.0 Å². The minimum Gasteiger partial charge on any atom is -0.489 e. The molecule has 0 saturated carbocycles. The fraction of sp³-hybridized carbons (Fsp3) is 0.435. The highest BCUT2D eigenvalue weighted by Crippen LogP contribution is 2.37. The van der Waals surface area contributed by atoms with Gasteiger partial charge in [0, 0.05) is 38.4 Å². The molecule has 2 aromatic rings. The lowest BCUT2D eigenvalue weighted by Gasteiger charge is -2.21. The fourth-order valence-corrected chi connectivity index (χ4v) is 3.87. The van der Waals surface area contributed by atoms with Gasteiger partial charge >= 0.3 is 0 Å². The Morgan fingerprint density at radius 1 is 1.20 bits per heavy atom. The van der Waals surface area contributed by atoms with E-state index in [1.54, 1.807) is 6.07 Å². The lowest BCUT2D eigenvalue weighted by molar-refractivity contribution is -0.119. The Labute approximate surface area is 175 Å². The quantitative estimate of drug-likeness (QED) is 0.806. The van der Waals surface area contributed by atoms with Gasteiger partial charge < -0.3 is 24.4 Å². The van der Waals surface area contributed by atoms with Crippen LogP contribution >= 0.6 is 0 Å². The number of nitrogens with one attached hydrogen (secondary N) is 1. The highest BCUT2D eigenvalue weighted by Gasteiger charge is 2.28. The van der Waals surface area contributed by atoms with Crippen LogP contribution in [0.4, 0.5) is 10.1 Å². The number of ether oxygens (including phenoxy) is 3. The molecule has 0 unspecified atom stereocenters. The van der Waals surface area contributed by atoms with Gasteiger partial charge in [-0.05, 0) is 24.6 Å². The normalized spacial score (nSPS) is 19.2. The summed E-state index contributed by atoms with van der Waals surface area (Å²) in [7, 11) is 0. The third-order valence-electron chi connectivity index (χ3n) is 5.41. The van der Waals surface area contributed by atoms with Crippen LogP contribution in [0.25, 0.3) is 0 Å². The van der Waals surface area contributed by atoms with E-state index >= 15 is 0 Å². The molecule has 2 aliphatic rings. The third-order valence-corrected chi connectivity index (χ3v) is 5.41. The van der Waals surface area contributed by atoms with E-state index in [0.29, 0.717) is 43.5 Å². The molecule has 0 aliphatic carbocycles. The molecule has 6 nitrogen and oxygen atoms in total. The van der Waals surface area contributed by atoms with Crippen molar-refractivity contribution in [3.05, 3.63) is 47.8 Å². The summed E-state index contributed by atoms with van der Waals surface area (Å²) >= 11 is 0. The van der Waals surface area contributed by atoms with E-state index in [2.05, 4.69) is 5.32 Å². The standard InChI is InChI=1S/C23H27FN2O4/c1-15(25-16(2)27)17-4-6-18(7-5-17)30-19-8-9-26(14-19)21-13-23-22(12-20(21)24)28-10-3-11-29-23/h4-7,12-13,15,19H,3,8-11,14H2,1-2H3,(H,25,27)/t15-,19+/m0/s1. The molecule has 0 bridgehead atoms. The van der Waals surface area contributed by atoms with Crippen LogP contribution in [0.3, 0.4) is 0 Å². The molecule has 2 heterocycles. The Morgan fingerprint density at radius 2 is 1.90 bits per heavy atom. The summed E-state index contributed by atoms with van der Waals surface area (Å²) < 4.78 is 32.1. The van der Waals surface area contributed by atoms with Crippen molar-refractivity contribution < 1.29 is 23.4 Å². The number of hydrogen-bond acceptors (Lipinski definition) is 5. The SMILES string of the molecule is CC(=O)N[C@@H](C)c1ccc(O[C@@H]2CCN(c3cc4c(cc3F)OCCCO4)C2)cc1. The number of hydrogen-bond donors (Lipinski definition) is 1. The Bertz CT molecular complexity index is 903. The van der Waals surface area contributed by atoms with Gasteiger partial charge in [0.05, 0.1) is 31.5 Å². The number of carbonyl (C=O) groups excluding carboxylic acids is 1. The molecule has 0 radical (unpaired) electrons. The number of halogens is 1. The second kappa shape index (κ2) is 8.81. The summed E-state index contributed by atoms with van der Waals surface area (Å²) in [5.74, 6) is 1.46. The van der Waals surface area contributed by atoms with Gasteiger partial charge in [0.25, 0.3) is 0 Å². The number of anilines is 1. The van der Waals surface area contributed by atoms with Crippen molar-refractivity contribution >= 4 is 11.6 Å². The van der Waals surface area contributed by atoms with Crippen molar-refractivity contribution in [3.8, 4) is 17.2 Å². The van der Waals surface area contributed by atoms with Crippen LogP contribution in [-0.2, 0) is 4.79 Å². The second-order valence-corrected chi connectivity index (χ2v) is 7.77. The number of fused-ring (bicyclic) bond motifs is 1. The zero-order valence-electron chi connectivity index (χ0n) is 17.3.